The standard InChI is InChI=1S/3C15H24N4O2.C10H18N4/c1-11-12(5-6-13(16)17-11)18-7-9-19(10-8-18)14(20)21-15(2,3)4;2*1-11-10-18(14(20)21-15(2,3)4)7-8-19(11)12-5-6-13(16)17-9-12;1-13(2)6-7-14(3)9-4-5-10(11)12-8-9/h5-6H,7-10H2,1-4H3,(H2,16,17);2*5-6,9,11H,7-8,10H2,1-4H3,(H2,16,17);4-5,8H,6-7H2,1-3H3,(H2,11,12)/t;2*11-;/m.10./s1. The Morgan fingerprint density at radius 1 is 0.532 bits per heavy atom. The molecule has 0 bridgehead atoms. The average molecular weight is 1070 g/mol. The van der Waals surface area contributed by atoms with E-state index in [0.29, 0.717) is 62.5 Å². The van der Waals surface area contributed by atoms with Gasteiger partial charge in [0, 0.05) is 97.7 Å². The Hall–Kier alpha value is -7.23. The second-order valence-corrected chi connectivity index (χ2v) is 22.8. The van der Waals surface area contributed by atoms with Gasteiger partial charge in [-0.1, -0.05) is 0 Å². The maximum Gasteiger partial charge on any atom is 0.410 e. The molecule has 7 heterocycles. The lowest BCUT2D eigenvalue weighted by Gasteiger charge is -2.41. The lowest BCUT2D eigenvalue weighted by atomic mass is 10.1. The van der Waals surface area contributed by atoms with Crippen LogP contribution in [0.3, 0.4) is 0 Å². The van der Waals surface area contributed by atoms with Crippen LogP contribution in [0.4, 0.5) is 60.4 Å². The van der Waals surface area contributed by atoms with Gasteiger partial charge in [0.05, 0.1) is 47.0 Å². The summed E-state index contributed by atoms with van der Waals surface area (Å²) in [5, 5.41) is 0. The van der Waals surface area contributed by atoms with Crippen LogP contribution in [0.25, 0.3) is 0 Å². The third-order valence-electron chi connectivity index (χ3n) is 12.2. The first-order valence-corrected chi connectivity index (χ1v) is 26.3. The second-order valence-electron chi connectivity index (χ2n) is 22.8. The van der Waals surface area contributed by atoms with Crippen molar-refractivity contribution in [2.45, 2.75) is 112 Å². The van der Waals surface area contributed by atoms with Crippen LogP contribution in [-0.2, 0) is 14.2 Å². The van der Waals surface area contributed by atoms with Crippen LogP contribution in [-0.4, -0.2) is 186 Å². The quantitative estimate of drug-likeness (QED) is 0.137. The number of hydrogen-bond acceptors (Lipinski definition) is 19. The molecule has 22 heteroatoms. The molecule has 22 nitrogen and oxygen atoms in total. The Kier molecular flexibility index (Phi) is 22.4. The smallest absolute Gasteiger partial charge is 0.410 e. The number of carbonyl (C=O) groups excluding carboxylic acids is 3. The molecule has 426 valence electrons. The summed E-state index contributed by atoms with van der Waals surface area (Å²) in [6.45, 7) is 32.0. The number of ether oxygens (including phenoxy) is 3. The van der Waals surface area contributed by atoms with E-state index in [1.165, 1.54) is 0 Å². The van der Waals surface area contributed by atoms with Gasteiger partial charge in [-0.05, 0) is 146 Å². The van der Waals surface area contributed by atoms with E-state index in [4.69, 9.17) is 37.1 Å². The number of nitrogen functional groups attached to an aromatic ring is 4. The molecule has 0 radical (unpaired) electrons. The predicted octanol–water partition coefficient (Wildman–Crippen LogP) is 6.91. The summed E-state index contributed by atoms with van der Waals surface area (Å²) < 4.78 is 16.2. The van der Waals surface area contributed by atoms with Crippen molar-refractivity contribution in [2.24, 2.45) is 0 Å². The van der Waals surface area contributed by atoms with E-state index in [9.17, 15) is 14.4 Å². The van der Waals surface area contributed by atoms with Crippen LogP contribution < -0.4 is 42.5 Å². The van der Waals surface area contributed by atoms with Crippen molar-refractivity contribution < 1.29 is 28.6 Å². The summed E-state index contributed by atoms with van der Waals surface area (Å²) in [7, 11) is 6.18. The number of nitrogens with zero attached hydrogens (tertiary/aromatic N) is 12. The number of piperazine rings is 3. The molecular weight excluding hydrogens is 981 g/mol. The van der Waals surface area contributed by atoms with Crippen LogP contribution in [0.15, 0.2) is 67.1 Å². The van der Waals surface area contributed by atoms with Crippen LogP contribution >= 0.6 is 0 Å². The SMILES string of the molecule is CN(C)CCN(C)c1ccc(N)nc1.C[C@@H]1CN(C(=O)OC(C)(C)C)CCN1c1ccc(N)nc1.C[C@H]1CN(C(=O)OC(C)(C)C)CCN1c1ccc(N)nc1.Cc1nc(N)ccc1N1CCN(C(=O)OC(C)(C)C)CC1. The zero-order valence-corrected chi connectivity index (χ0v) is 48.6. The summed E-state index contributed by atoms with van der Waals surface area (Å²) in [5.74, 6) is 2.12. The van der Waals surface area contributed by atoms with E-state index in [-0.39, 0.29) is 30.4 Å². The normalized spacial score (nSPS) is 16.9. The molecule has 4 aromatic rings. The van der Waals surface area contributed by atoms with Crippen molar-refractivity contribution in [3.8, 4) is 0 Å². The second kappa shape index (κ2) is 27.7. The van der Waals surface area contributed by atoms with E-state index in [2.05, 4.69) is 79.4 Å². The fourth-order valence-corrected chi connectivity index (χ4v) is 8.27. The Morgan fingerprint density at radius 3 is 1.27 bits per heavy atom. The molecule has 3 amide bonds. The third kappa shape index (κ3) is 21.4. The van der Waals surface area contributed by atoms with Gasteiger partial charge in [0.1, 0.15) is 40.1 Å². The van der Waals surface area contributed by atoms with Gasteiger partial charge in [-0.3, -0.25) is 0 Å². The van der Waals surface area contributed by atoms with Gasteiger partial charge in [-0.25, -0.2) is 34.3 Å². The highest BCUT2D eigenvalue weighted by atomic mass is 16.6. The minimum atomic E-state index is -0.460. The van der Waals surface area contributed by atoms with Crippen LogP contribution in [0.2, 0.25) is 0 Å². The molecule has 2 atom stereocenters. The number of amides is 3. The van der Waals surface area contributed by atoms with Crippen molar-refractivity contribution in [1.29, 1.82) is 0 Å². The first-order chi connectivity index (χ1) is 35.9. The van der Waals surface area contributed by atoms with Crippen molar-refractivity contribution in [2.75, 3.05) is 142 Å². The molecule has 4 aromatic heterocycles. The minimum Gasteiger partial charge on any atom is -0.444 e. The first-order valence-electron chi connectivity index (χ1n) is 26.3. The van der Waals surface area contributed by atoms with Crippen molar-refractivity contribution in [3.63, 3.8) is 0 Å². The Labute approximate surface area is 458 Å². The number of nitrogens with two attached hydrogens (primary N) is 4. The zero-order chi connectivity index (χ0) is 57.4. The van der Waals surface area contributed by atoms with Crippen LogP contribution in [0.1, 0.15) is 81.9 Å². The Balaban J connectivity index is 0.000000224. The first kappa shape index (κ1) is 62.3. The molecule has 0 unspecified atom stereocenters. The molecule has 0 spiro atoms. The fraction of sp³-hybridized carbons (Fsp3) is 0.582. The van der Waals surface area contributed by atoms with Crippen LogP contribution in [0, 0.1) is 6.92 Å². The van der Waals surface area contributed by atoms with E-state index in [1.54, 1.807) is 45.4 Å². The van der Waals surface area contributed by atoms with Gasteiger partial charge in [0.2, 0.25) is 0 Å². The summed E-state index contributed by atoms with van der Waals surface area (Å²) in [6, 6.07) is 15.5. The lowest BCUT2D eigenvalue weighted by molar-refractivity contribution is 0.0209. The largest absolute Gasteiger partial charge is 0.444 e. The number of likely N-dealkylation sites (N-methyl/N-ethyl adjacent to an activating group) is 2. The number of aromatic nitrogens is 4. The van der Waals surface area contributed by atoms with Gasteiger partial charge in [-0.2, -0.15) is 0 Å². The van der Waals surface area contributed by atoms with Crippen molar-refractivity contribution >= 4 is 64.3 Å². The average Bonchev–Trinajstić information content (AvgIpc) is 3.33. The fourth-order valence-electron chi connectivity index (χ4n) is 8.27. The monoisotopic (exact) mass is 1070 g/mol. The molecule has 0 aliphatic carbocycles. The number of aryl methyl sites for hydroxylation is 1. The third-order valence-corrected chi connectivity index (χ3v) is 12.2. The Bertz CT molecular complexity index is 2360. The molecule has 3 fully saturated rings. The van der Waals surface area contributed by atoms with Gasteiger partial charge < -0.3 is 76.3 Å². The molecule has 7 rings (SSSR count). The van der Waals surface area contributed by atoms with E-state index >= 15 is 0 Å². The van der Waals surface area contributed by atoms with Gasteiger partial charge >= 0.3 is 18.3 Å². The highest BCUT2D eigenvalue weighted by molar-refractivity contribution is 5.70. The topological polar surface area (TPSA) is 260 Å². The summed E-state index contributed by atoms with van der Waals surface area (Å²) >= 11 is 0. The number of pyridine rings is 4. The van der Waals surface area contributed by atoms with Gasteiger partial charge in [-0.15, -0.1) is 0 Å². The molecule has 0 saturated carbocycles. The van der Waals surface area contributed by atoms with E-state index in [0.717, 1.165) is 67.7 Å². The summed E-state index contributed by atoms with van der Waals surface area (Å²) in [6.07, 6.45) is 4.61. The molecule has 3 aliphatic heterocycles. The number of anilines is 8. The van der Waals surface area contributed by atoms with E-state index < -0.39 is 16.8 Å². The number of hydrogen-bond donors (Lipinski definition) is 4. The summed E-state index contributed by atoms with van der Waals surface area (Å²) in [4.78, 5) is 69.1. The van der Waals surface area contributed by atoms with Gasteiger partial charge in [0.25, 0.3) is 0 Å². The predicted molar refractivity (Wildman–Crippen MR) is 310 cm³/mol. The highest BCUT2D eigenvalue weighted by Crippen LogP contribution is 2.25. The molecule has 3 aliphatic rings. The highest BCUT2D eigenvalue weighted by Gasteiger charge is 2.32. The maximum absolute atomic E-state index is 12.1. The summed E-state index contributed by atoms with van der Waals surface area (Å²) in [5.41, 5.74) is 26.2. The van der Waals surface area contributed by atoms with Gasteiger partial charge in [0.15, 0.2) is 0 Å². The number of carbonyl (C=O) groups is 3. The molecule has 77 heavy (non-hydrogen) atoms. The lowest BCUT2D eigenvalue weighted by Crippen LogP contribution is -2.54. The minimum absolute atomic E-state index is 0.205. The molecule has 3 saturated heterocycles. The molecule has 0 aromatic carbocycles. The maximum atomic E-state index is 12.1. The van der Waals surface area contributed by atoms with Crippen molar-refractivity contribution in [3.05, 3.63) is 72.8 Å². The van der Waals surface area contributed by atoms with Crippen LogP contribution in [0.5, 0.6) is 0 Å². The number of rotatable bonds is 7. The zero-order valence-electron chi connectivity index (χ0n) is 48.6. The van der Waals surface area contributed by atoms with E-state index in [1.807, 2.05) is 106 Å². The molecule has 8 N–H and O–H groups in total. The van der Waals surface area contributed by atoms with Crippen molar-refractivity contribution in [1.82, 2.24) is 39.5 Å². The molecular formula is C55H90N16O6. The Morgan fingerprint density at radius 2 is 0.922 bits per heavy atom.